The monoisotopic (exact) mass is 456 g/mol. The van der Waals surface area contributed by atoms with E-state index in [0.717, 1.165) is 53.6 Å². The quantitative estimate of drug-likeness (QED) is 0.306. The van der Waals surface area contributed by atoms with Crippen molar-refractivity contribution in [3.8, 4) is 5.75 Å². The Balaban J connectivity index is 1.40. The van der Waals surface area contributed by atoms with Crippen LogP contribution in [0.3, 0.4) is 0 Å². The maximum absolute atomic E-state index is 10.8. The molecule has 174 valence electrons. The van der Waals surface area contributed by atoms with Crippen molar-refractivity contribution in [1.29, 1.82) is 0 Å². The zero-order chi connectivity index (χ0) is 23.8. The minimum atomic E-state index is -0.972. The number of hydrogen-bond acceptors (Lipinski definition) is 5. The van der Waals surface area contributed by atoms with Crippen molar-refractivity contribution in [2.45, 2.75) is 38.7 Å². The van der Waals surface area contributed by atoms with Crippen molar-refractivity contribution in [2.24, 2.45) is 5.16 Å². The van der Waals surface area contributed by atoms with Crippen LogP contribution in [0.25, 0.3) is 6.08 Å². The molecule has 1 atom stereocenters. The fourth-order valence-corrected chi connectivity index (χ4v) is 4.04. The minimum absolute atomic E-state index is 0.288. The summed E-state index contributed by atoms with van der Waals surface area (Å²) in [6, 6.07) is 19.7. The number of nitrogens with zero attached hydrogens (tertiary/aromatic N) is 2. The van der Waals surface area contributed by atoms with Gasteiger partial charge in [0.15, 0.2) is 12.7 Å². The van der Waals surface area contributed by atoms with Crippen molar-refractivity contribution in [1.82, 2.24) is 4.98 Å². The average Bonchev–Trinajstić information content (AvgIpc) is 2.87. The molecule has 6 heteroatoms. The number of aromatic nitrogens is 1. The lowest BCUT2D eigenvalue weighted by Gasteiger charge is -2.20. The third-order valence-corrected chi connectivity index (χ3v) is 5.81. The van der Waals surface area contributed by atoms with Gasteiger partial charge in [0.25, 0.3) is 0 Å². The highest BCUT2D eigenvalue weighted by Gasteiger charge is 2.17. The van der Waals surface area contributed by atoms with Gasteiger partial charge in [0.05, 0.1) is 5.71 Å². The van der Waals surface area contributed by atoms with E-state index < -0.39 is 5.97 Å². The summed E-state index contributed by atoms with van der Waals surface area (Å²) >= 11 is 0. The van der Waals surface area contributed by atoms with Gasteiger partial charge >= 0.3 is 5.97 Å². The van der Waals surface area contributed by atoms with Gasteiger partial charge in [-0.15, -0.1) is 0 Å². The average molecular weight is 457 g/mol. The van der Waals surface area contributed by atoms with Crippen molar-refractivity contribution in [3.63, 3.8) is 0 Å². The van der Waals surface area contributed by atoms with Gasteiger partial charge < -0.3 is 14.7 Å². The molecular weight excluding hydrogens is 428 g/mol. The number of hydrogen-bond donors (Lipinski definition) is 1. The Hall–Kier alpha value is -3.93. The van der Waals surface area contributed by atoms with Crippen LogP contribution < -0.4 is 4.74 Å². The number of rotatable bonds is 10. The van der Waals surface area contributed by atoms with Gasteiger partial charge in [-0.25, -0.2) is 4.79 Å². The molecule has 0 fully saturated rings. The summed E-state index contributed by atoms with van der Waals surface area (Å²) in [5, 5.41) is 13.3. The van der Waals surface area contributed by atoms with E-state index in [2.05, 4.69) is 16.2 Å². The van der Waals surface area contributed by atoms with Crippen LogP contribution in [0.2, 0.25) is 0 Å². The molecule has 6 nitrogen and oxygen atoms in total. The third-order valence-electron chi connectivity index (χ3n) is 5.81. The Bertz CT molecular complexity index is 1130. The van der Waals surface area contributed by atoms with E-state index in [1.54, 1.807) is 12.4 Å². The Kier molecular flexibility index (Phi) is 7.71. The molecule has 0 radical (unpaired) electrons. The predicted molar refractivity (Wildman–Crippen MR) is 132 cm³/mol. The largest absolute Gasteiger partial charge is 0.482 e. The fourth-order valence-electron chi connectivity index (χ4n) is 4.04. The summed E-state index contributed by atoms with van der Waals surface area (Å²) in [5.41, 5.74) is 6.48. The lowest BCUT2D eigenvalue weighted by molar-refractivity contribution is -0.139. The molecule has 0 bridgehead atoms. The van der Waals surface area contributed by atoms with Gasteiger partial charge in [0.2, 0.25) is 0 Å². The van der Waals surface area contributed by atoms with Crippen LogP contribution in [-0.2, 0) is 16.1 Å². The van der Waals surface area contributed by atoms with Crippen LogP contribution in [0.4, 0.5) is 0 Å². The van der Waals surface area contributed by atoms with E-state index in [1.165, 1.54) is 5.57 Å². The molecule has 0 saturated carbocycles. The van der Waals surface area contributed by atoms with Crippen LogP contribution >= 0.6 is 0 Å². The van der Waals surface area contributed by atoms with E-state index in [0.29, 0.717) is 5.75 Å². The molecule has 0 saturated heterocycles. The Morgan fingerprint density at radius 3 is 2.56 bits per heavy atom. The van der Waals surface area contributed by atoms with Crippen molar-refractivity contribution < 1.29 is 19.5 Å². The number of carboxylic acid groups (broad SMARTS) is 1. The summed E-state index contributed by atoms with van der Waals surface area (Å²) in [7, 11) is 0. The van der Waals surface area contributed by atoms with Crippen molar-refractivity contribution >= 4 is 17.8 Å². The molecular formula is C28H28N2O4. The molecule has 4 rings (SSSR count). The molecule has 0 amide bonds. The Labute approximate surface area is 199 Å². The molecule has 0 spiro atoms. The second-order valence-electron chi connectivity index (χ2n) is 8.31. The summed E-state index contributed by atoms with van der Waals surface area (Å²) in [4.78, 5) is 21.0. The first-order chi connectivity index (χ1) is 16.6. The molecule has 0 aliphatic heterocycles. The van der Waals surface area contributed by atoms with Crippen LogP contribution in [0.1, 0.15) is 54.5 Å². The molecule has 1 heterocycles. The van der Waals surface area contributed by atoms with E-state index in [4.69, 9.17) is 14.7 Å². The third kappa shape index (κ3) is 6.10. The Morgan fingerprint density at radius 2 is 1.79 bits per heavy atom. The molecule has 1 unspecified atom stereocenters. The maximum atomic E-state index is 10.8. The number of oxime groups is 1. The van der Waals surface area contributed by atoms with Gasteiger partial charge in [-0.3, -0.25) is 4.98 Å². The lowest BCUT2D eigenvalue weighted by Crippen LogP contribution is -2.12. The molecule has 34 heavy (non-hydrogen) atoms. The number of aliphatic carboxylic acids is 1. The number of ether oxygens (including phenoxy) is 1. The minimum Gasteiger partial charge on any atom is -0.482 e. The van der Waals surface area contributed by atoms with Crippen LogP contribution in [0.15, 0.2) is 83.8 Å². The van der Waals surface area contributed by atoms with E-state index in [-0.39, 0.29) is 12.7 Å². The van der Waals surface area contributed by atoms with Gasteiger partial charge in [-0.2, -0.15) is 0 Å². The number of carbonyl (C=O) groups is 1. The van der Waals surface area contributed by atoms with E-state index >= 15 is 0 Å². The molecule has 1 aliphatic rings. The van der Waals surface area contributed by atoms with Gasteiger partial charge in [-0.1, -0.05) is 59.3 Å². The van der Waals surface area contributed by atoms with Crippen LogP contribution in [0.5, 0.6) is 5.75 Å². The topological polar surface area (TPSA) is 81.0 Å². The molecule has 1 aromatic heterocycles. The highest BCUT2D eigenvalue weighted by atomic mass is 16.6. The zero-order valence-electron chi connectivity index (χ0n) is 19.2. The highest BCUT2D eigenvalue weighted by molar-refractivity contribution is 5.81. The number of carboxylic acids is 1. The molecule has 1 aliphatic carbocycles. The first-order valence-corrected chi connectivity index (χ1v) is 11.4. The van der Waals surface area contributed by atoms with Crippen molar-refractivity contribution in [2.75, 3.05) is 6.61 Å². The maximum Gasteiger partial charge on any atom is 0.341 e. The van der Waals surface area contributed by atoms with Gasteiger partial charge in [0.1, 0.15) is 5.75 Å². The zero-order valence-corrected chi connectivity index (χ0v) is 19.2. The molecule has 1 N–H and O–H groups in total. The number of allylic oxidation sites excluding steroid dienone is 1. The summed E-state index contributed by atoms with van der Waals surface area (Å²) in [5.74, 6) is -0.315. The number of benzene rings is 2. The fraction of sp³-hybridized carbons (Fsp3) is 0.250. The first-order valence-electron chi connectivity index (χ1n) is 11.4. The molecule has 2 aromatic carbocycles. The first kappa shape index (κ1) is 23.2. The lowest BCUT2D eigenvalue weighted by atomic mass is 9.89. The number of pyridine rings is 1. The van der Waals surface area contributed by atoms with Crippen LogP contribution in [0, 0.1) is 0 Å². The van der Waals surface area contributed by atoms with Gasteiger partial charge in [-0.05, 0) is 61.9 Å². The smallest absolute Gasteiger partial charge is 0.341 e. The summed E-state index contributed by atoms with van der Waals surface area (Å²) in [6.07, 6.45) is 8.86. The summed E-state index contributed by atoms with van der Waals surface area (Å²) < 4.78 is 5.46. The Morgan fingerprint density at radius 1 is 1.03 bits per heavy atom. The summed E-state index contributed by atoms with van der Waals surface area (Å²) in [6.45, 7) is 1.66. The number of fused-ring (bicyclic) bond motifs is 1. The predicted octanol–water partition coefficient (Wildman–Crippen LogP) is 5.84. The van der Waals surface area contributed by atoms with Crippen molar-refractivity contribution in [3.05, 3.63) is 101 Å². The van der Waals surface area contributed by atoms with E-state index in [1.807, 2.05) is 67.6 Å². The second kappa shape index (κ2) is 11.3. The van der Waals surface area contributed by atoms with E-state index in [9.17, 15) is 4.79 Å². The second-order valence-corrected chi connectivity index (χ2v) is 8.31. The molecule has 3 aromatic rings. The normalized spacial score (nSPS) is 14.0. The SMILES string of the molecule is CC(CCC1=Cc2cccc(OCC(=O)O)c2CC1)=NOC(c1ccccc1)c1ccncc1. The van der Waals surface area contributed by atoms with Gasteiger partial charge in [0, 0.05) is 23.5 Å². The standard InChI is InChI=1S/C28H28N2O4/c1-20(30-34-28(22-6-3-2-4-7-22)23-14-16-29-17-15-23)10-11-21-12-13-25-24(18-21)8-5-9-26(25)33-19-27(31)32/h2-9,14-18,28H,10-13,19H2,1H3,(H,31,32). The van der Waals surface area contributed by atoms with Crippen LogP contribution in [-0.4, -0.2) is 28.4 Å². The highest BCUT2D eigenvalue weighted by Crippen LogP contribution is 2.33.